The minimum Gasteiger partial charge on any atom is -0.475 e. The highest BCUT2D eigenvalue weighted by atomic mass is 32.2. The van der Waals surface area contributed by atoms with Crippen molar-refractivity contribution in [2.45, 2.75) is 267 Å². The van der Waals surface area contributed by atoms with E-state index in [1.54, 1.807) is 0 Å². The van der Waals surface area contributed by atoms with Crippen molar-refractivity contribution in [3.63, 3.8) is 0 Å². The molecular weight excluding hydrogens is 1820 g/mol. The molecule has 714 valence electrons. The molecule has 17 aromatic carbocycles. The summed E-state index contributed by atoms with van der Waals surface area (Å²) in [4.78, 5) is 23.3. The lowest BCUT2D eigenvalue weighted by Gasteiger charge is -2.30. The van der Waals surface area contributed by atoms with Crippen LogP contribution in [0, 0.1) is 41.5 Å². The molecule has 141 heavy (non-hydrogen) atoms. The van der Waals surface area contributed by atoms with Crippen LogP contribution in [0.15, 0.2) is 550 Å². The Morgan fingerprint density at radius 2 is 0.418 bits per heavy atom. The Morgan fingerprint density at radius 3 is 0.674 bits per heavy atom. The molecule has 19 rings (SSSR count). The van der Waals surface area contributed by atoms with Crippen molar-refractivity contribution >= 4 is 65.4 Å². The number of rotatable bonds is 16. The number of hydrogen-bond acceptors (Lipinski definition) is 1. The average Bonchev–Trinajstić information content (AvgIpc) is 0.761. The van der Waals surface area contributed by atoms with E-state index in [9.17, 15) is 0 Å². The van der Waals surface area contributed by atoms with Gasteiger partial charge in [0.1, 0.15) is 0 Å². The van der Waals surface area contributed by atoms with Crippen LogP contribution in [0.25, 0.3) is 0 Å². The van der Waals surface area contributed by atoms with Crippen molar-refractivity contribution in [3.8, 4) is 5.75 Å². The van der Waals surface area contributed by atoms with Gasteiger partial charge in [0, 0.05) is 5.56 Å². The van der Waals surface area contributed by atoms with E-state index in [0.717, 1.165) is 5.75 Å². The second kappa shape index (κ2) is 48.3. The highest BCUT2D eigenvalue weighted by molar-refractivity contribution is 7.99. The molecule has 0 bridgehead atoms. The van der Waals surface area contributed by atoms with E-state index in [-0.39, 0.29) is 98.5 Å². The minimum absolute atomic E-state index is 0.0312. The van der Waals surface area contributed by atoms with Crippen LogP contribution in [0.4, 0.5) is 0 Å². The SMILES string of the molecule is C1=CC2Oc3ccccc3[S+](c3ccccc3)C2C=C1.CC(C)(C)c1ccc([S+](c2ccc(C(C)(C)C)cc2)c2ccc(C(C)(C)C)cc2)cc1.CC(C)(C)c1ccc([S+](c2ccccc2)c2ccc(C(C)(C)C)cc2)cc1.Cc1ccc([S+](c2ccccc2)c2ccc(C)cc2)cc1.Cc1ccc([S+](c2ccccc2)c2ccc(C)cc2)cc1.Cc1ccc([S+](c2ccccc2)c2ccccc2)c(C)c1. The predicted molar refractivity (Wildman–Crippen MR) is 613 cm³/mol. The molecule has 1 heterocycles. The standard InChI is InChI=1S/C30H39S.C26H31S.3C20H19S.C18H15OS/c1-28(2,3)22-10-16-25(17-11-22)31(26-18-12-23(13-19-26)29(4,5)6)27-20-14-24(15-21-27)30(7,8)9;1-25(2,3)20-12-16-23(17-13-20)27(22-10-8-7-9-11-22)24-18-14-21(15-19-24)26(4,5)6;1-16-13-14-20(17(2)15-16)21(18-9-5-3-6-10-18)19-11-7-4-8-12-19;2*1-16-8-12-19(13-9-16)21(18-6-4-3-5-7-18)20-14-10-17(2)11-15-20;1-2-8-14(9-3-1)20-17-12-6-4-10-15(17)19-16-11-5-7-13-18(16)20/h10-21H,1-9H3;7-19H,1-6H3;3*3-15H,1-2H3;1-13,15,17H/q6*+1. The number of para-hydroxylation sites is 1. The molecule has 2 aliphatic rings. The number of hydrogen-bond donors (Lipinski definition) is 0. The van der Waals surface area contributed by atoms with Gasteiger partial charge in [-0.05, 0) is 309 Å². The summed E-state index contributed by atoms with van der Waals surface area (Å²) in [6, 6.07) is 162. The van der Waals surface area contributed by atoms with Crippen molar-refractivity contribution in [1.29, 1.82) is 0 Å². The van der Waals surface area contributed by atoms with E-state index < -0.39 is 0 Å². The first-order valence-corrected chi connectivity index (χ1v) is 56.7. The van der Waals surface area contributed by atoms with Gasteiger partial charge in [-0.2, -0.15) is 0 Å². The summed E-state index contributed by atoms with van der Waals surface area (Å²) in [5.41, 5.74) is 15.7. The second-order valence-corrected chi connectivity index (χ2v) is 53.6. The molecule has 1 aliphatic carbocycles. The first-order valence-electron chi connectivity index (χ1n) is 49.3. The van der Waals surface area contributed by atoms with Gasteiger partial charge in [-0.25, -0.2) is 0 Å². The van der Waals surface area contributed by atoms with E-state index in [1.165, 1.54) is 144 Å². The number of fused-ring (bicyclic) bond motifs is 2. The zero-order valence-corrected chi connectivity index (χ0v) is 91.4. The van der Waals surface area contributed by atoms with Gasteiger partial charge in [0.2, 0.25) is 4.90 Å². The molecule has 3 atom stereocenters. The summed E-state index contributed by atoms with van der Waals surface area (Å²) in [5, 5.41) is 0.400. The maximum atomic E-state index is 6.16. The highest BCUT2D eigenvalue weighted by Crippen LogP contribution is 2.45. The second-order valence-electron chi connectivity index (χ2n) is 41.4. The van der Waals surface area contributed by atoms with Gasteiger partial charge in [-0.15, -0.1) is 0 Å². The molecule has 0 spiro atoms. The number of ether oxygens (including phenoxy) is 1. The lowest BCUT2D eigenvalue weighted by molar-refractivity contribution is 0.242. The molecule has 17 aromatic rings. The van der Waals surface area contributed by atoms with Crippen molar-refractivity contribution in [1.82, 2.24) is 0 Å². The fourth-order valence-electron chi connectivity index (χ4n) is 16.7. The molecule has 0 radical (unpaired) electrons. The fraction of sp³-hybridized carbons (Fsp3) is 0.209. The van der Waals surface area contributed by atoms with Gasteiger partial charge < -0.3 is 4.74 Å². The first-order chi connectivity index (χ1) is 67.6. The van der Waals surface area contributed by atoms with E-state index in [1.807, 2.05) is 6.07 Å². The summed E-state index contributed by atoms with van der Waals surface area (Å²) >= 11 is 0. The lowest BCUT2D eigenvalue weighted by Crippen LogP contribution is -2.40. The van der Waals surface area contributed by atoms with Gasteiger partial charge in [-0.1, -0.05) is 386 Å². The van der Waals surface area contributed by atoms with Crippen LogP contribution in [0.1, 0.15) is 165 Å². The average molecular weight is 1960 g/mol. The predicted octanol–water partition coefficient (Wildman–Crippen LogP) is 36.2. The van der Waals surface area contributed by atoms with Crippen LogP contribution in [0.3, 0.4) is 0 Å². The van der Waals surface area contributed by atoms with Crippen LogP contribution >= 0.6 is 0 Å². The van der Waals surface area contributed by atoms with Gasteiger partial charge >= 0.3 is 0 Å². The number of aryl methyl sites for hydroxylation is 6. The van der Waals surface area contributed by atoms with Gasteiger partial charge in [0.05, 0.1) is 65.4 Å². The molecule has 0 fully saturated rings. The quantitative estimate of drug-likeness (QED) is 0.0876. The van der Waals surface area contributed by atoms with Crippen LogP contribution in [-0.4, -0.2) is 11.4 Å². The zero-order valence-electron chi connectivity index (χ0n) is 86.5. The van der Waals surface area contributed by atoms with E-state index in [0.29, 0.717) is 5.25 Å². The molecule has 0 saturated carbocycles. The lowest BCUT2D eigenvalue weighted by atomic mass is 9.87. The third kappa shape index (κ3) is 28.6. The molecule has 0 aromatic heterocycles. The molecule has 3 unspecified atom stereocenters. The summed E-state index contributed by atoms with van der Waals surface area (Å²) in [6.45, 7) is 47.0. The normalized spacial score (nSPS) is 13.8. The maximum Gasteiger partial charge on any atom is 0.203 e. The summed E-state index contributed by atoms with van der Waals surface area (Å²) in [7, 11) is -0.264. The molecule has 0 saturated heterocycles. The van der Waals surface area contributed by atoms with Gasteiger partial charge in [0.25, 0.3) is 0 Å². The molecule has 1 nitrogen and oxygen atoms in total. The van der Waals surface area contributed by atoms with Gasteiger partial charge in [0.15, 0.2) is 95.4 Å². The maximum absolute atomic E-state index is 6.16. The largest absolute Gasteiger partial charge is 0.475 e. The fourth-order valence-corrected chi connectivity index (χ4v) is 29.7. The smallest absolute Gasteiger partial charge is 0.203 e. The molecule has 7 heteroatoms. The Hall–Kier alpha value is -11.9. The monoisotopic (exact) mass is 1960 g/mol. The molecule has 0 N–H and O–H groups in total. The number of allylic oxidation sites excluding steroid dienone is 2. The van der Waals surface area contributed by atoms with Crippen molar-refractivity contribution in [3.05, 3.63) is 528 Å². The summed E-state index contributed by atoms with van der Waals surface area (Å²) in [5.74, 6) is 1.03. The Morgan fingerprint density at radius 1 is 0.206 bits per heavy atom. The first kappa shape index (κ1) is 105. The van der Waals surface area contributed by atoms with E-state index in [2.05, 4.69) is 606 Å². The van der Waals surface area contributed by atoms with Crippen molar-refractivity contribution < 1.29 is 4.74 Å². The third-order valence-electron chi connectivity index (χ3n) is 24.9. The Bertz CT molecular complexity index is 6340. The Labute approximate surface area is 863 Å². The summed E-state index contributed by atoms with van der Waals surface area (Å²) in [6.07, 6.45) is 8.84. The highest BCUT2D eigenvalue weighted by Gasteiger charge is 2.47. The zero-order chi connectivity index (χ0) is 100. The van der Waals surface area contributed by atoms with Crippen LogP contribution < -0.4 is 4.74 Å². The molecular formula is C134H142OS6+6. The third-order valence-corrected chi connectivity index (χ3v) is 38.8. The summed E-state index contributed by atoms with van der Waals surface area (Å²) < 4.78 is 6.16. The van der Waals surface area contributed by atoms with Crippen molar-refractivity contribution in [2.75, 3.05) is 0 Å². The number of benzene rings is 17. The van der Waals surface area contributed by atoms with Crippen LogP contribution in [-0.2, 0) is 92.4 Å². The Balaban J connectivity index is 0.000000135. The topological polar surface area (TPSA) is 9.23 Å². The molecule has 1 aliphatic heterocycles. The van der Waals surface area contributed by atoms with E-state index in [4.69, 9.17) is 4.74 Å². The Kier molecular flexibility index (Phi) is 35.9. The van der Waals surface area contributed by atoms with Crippen LogP contribution in [0.2, 0.25) is 0 Å². The minimum atomic E-state index is -0.120. The van der Waals surface area contributed by atoms with Crippen LogP contribution in [0.5, 0.6) is 5.75 Å². The van der Waals surface area contributed by atoms with Gasteiger partial charge in [-0.3, -0.25) is 0 Å². The van der Waals surface area contributed by atoms with Crippen molar-refractivity contribution in [2.24, 2.45) is 0 Å². The molecule has 0 amide bonds. The van der Waals surface area contributed by atoms with E-state index >= 15 is 0 Å².